The lowest BCUT2D eigenvalue weighted by Crippen LogP contribution is -2.54. The summed E-state index contributed by atoms with van der Waals surface area (Å²) in [5.41, 5.74) is 3.36. The molecule has 2 aromatic rings. The van der Waals surface area contributed by atoms with Gasteiger partial charge >= 0.3 is 0 Å². The highest BCUT2D eigenvalue weighted by Crippen LogP contribution is 2.47. The monoisotopic (exact) mass is 423 g/mol. The summed E-state index contributed by atoms with van der Waals surface area (Å²) in [5.74, 6) is 1.01. The van der Waals surface area contributed by atoms with Gasteiger partial charge in [0.2, 0.25) is 5.13 Å². The SMILES string of the molecule is CCc1nsc(N2C3CCC2CC(N2CCC4(CCNc5ccccc54)CC2)C3)n1. The predicted molar refractivity (Wildman–Crippen MR) is 124 cm³/mol. The van der Waals surface area contributed by atoms with Gasteiger partial charge in [-0.3, -0.25) is 0 Å². The highest BCUT2D eigenvalue weighted by atomic mass is 32.1. The molecule has 2 atom stereocenters. The van der Waals surface area contributed by atoms with Gasteiger partial charge in [0.15, 0.2) is 0 Å². The lowest BCUT2D eigenvalue weighted by atomic mass is 9.68. The molecule has 1 aromatic carbocycles. The van der Waals surface area contributed by atoms with Crippen molar-refractivity contribution in [1.82, 2.24) is 14.3 Å². The Morgan fingerprint density at radius 1 is 1.07 bits per heavy atom. The van der Waals surface area contributed by atoms with Crippen LogP contribution in [-0.4, -0.2) is 52.0 Å². The van der Waals surface area contributed by atoms with Crippen LogP contribution < -0.4 is 10.2 Å². The first kappa shape index (κ1) is 19.1. The summed E-state index contributed by atoms with van der Waals surface area (Å²) in [7, 11) is 0. The molecule has 0 amide bonds. The number of nitrogens with one attached hydrogen (secondary N) is 1. The van der Waals surface area contributed by atoms with Crippen LogP contribution in [0.3, 0.4) is 0 Å². The normalized spacial score (nSPS) is 30.3. The number of aryl methyl sites for hydroxylation is 1. The second-order valence-electron chi connectivity index (χ2n) is 9.80. The summed E-state index contributed by atoms with van der Waals surface area (Å²) < 4.78 is 4.56. The fourth-order valence-electron chi connectivity index (χ4n) is 6.76. The standard InChI is InChI=1S/C24H33N5S/c1-2-22-26-23(30-27-22)29-17-7-8-18(29)16-19(15-17)28-13-10-24(11-14-28)9-12-25-21-6-4-3-5-20(21)24/h3-6,17-19,25H,2,7-16H2,1H3. The van der Waals surface area contributed by atoms with Crippen molar-refractivity contribution in [1.29, 1.82) is 0 Å². The van der Waals surface area contributed by atoms with E-state index in [9.17, 15) is 0 Å². The lowest BCUT2D eigenvalue weighted by molar-refractivity contribution is 0.0874. The third kappa shape index (κ3) is 3.06. The molecule has 6 rings (SSSR count). The molecule has 1 spiro atoms. The van der Waals surface area contributed by atoms with Gasteiger partial charge in [-0.05, 0) is 69.7 Å². The van der Waals surface area contributed by atoms with Crippen molar-refractivity contribution in [3.63, 3.8) is 0 Å². The average molecular weight is 424 g/mol. The first-order chi connectivity index (χ1) is 14.8. The van der Waals surface area contributed by atoms with Gasteiger partial charge in [-0.1, -0.05) is 25.1 Å². The summed E-state index contributed by atoms with van der Waals surface area (Å²) in [4.78, 5) is 10.3. The Balaban J connectivity index is 1.14. The zero-order valence-electron chi connectivity index (χ0n) is 18.0. The van der Waals surface area contributed by atoms with Gasteiger partial charge in [0.05, 0.1) is 0 Å². The number of benzene rings is 1. The van der Waals surface area contributed by atoms with Crippen molar-refractivity contribution < 1.29 is 0 Å². The molecule has 0 radical (unpaired) electrons. The minimum atomic E-state index is 0.404. The third-order valence-electron chi connectivity index (χ3n) is 8.39. The van der Waals surface area contributed by atoms with Gasteiger partial charge in [0, 0.05) is 53.7 Å². The molecule has 6 heteroatoms. The van der Waals surface area contributed by atoms with Crippen LogP contribution in [0.15, 0.2) is 24.3 Å². The lowest BCUT2D eigenvalue weighted by Gasteiger charge is -2.50. The second-order valence-corrected chi connectivity index (χ2v) is 10.5. The van der Waals surface area contributed by atoms with E-state index >= 15 is 0 Å². The van der Waals surface area contributed by atoms with Gasteiger partial charge in [0.1, 0.15) is 5.82 Å². The Labute approximate surface area is 184 Å². The maximum absolute atomic E-state index is 4.82. The Bertz CT molecular complexity index is 889. The molecule has 5 heterocycles. The van der Waals surface area contributed by atoms with Crippen LogP contribution in [0, 0.1) is 0 Å². The number of piperidine rings is 2. The smallest absolute Gasteiger partial charge is 0.205 e. The zero-order chi connectivity index (χ0) is 20.1. The molecule has 4 aliphatic heterocycles. The van der Waals surface area contributed by atoms with Gasteiger partial charge in [-0.15, -0.1) is 0 Å². The van der Waals surface area contributed by atoms with Crippen molar-refractivity contribution in [2.24, 2.45) is 0 Å². The molecule has 3 fully saturated rings. The molecule has 5 nitrogen and oxygen atoms in total. The van der Waals surface area contributed by atoms with Crippen molar-refractivity contribution in [3.8, 4) is 0 Å². The van der Waals surface area contributed by atoms with Crippen LogP contribution in [-0.2, 0) is 11.8 Å². The molecular formula is C24H33N5S. The Hall–Kier alpha value is -1.66. The number of fused-ring (bicyclic) bond motifs is 4. The van der Waals surface area contributed by atoms with E-state index in [1.807, 2.05) is 0 Å². The first-order valence-electron chi connectivity index (χ1n) is 11.9. The van der Waals surface area contributed by atoms with E-state index in [2.05, 4.69) is 50.7 Å². The topological polar surface area (TPSA) is 44.3 Å². The van der Waals surface area contributed by atoms with E-state index in [1.54, 1.807) is 17.1 Å². The van der Waals surface area contributed by atoms with Crippen LogP contribution in [0.5, 0.6) is 0 Å². The molecular weight excluding hydrogens is 390 g/mol. The highest BCUT2D eigenvalue weighted by molar-refractivity contribution is 7.09. The number of rotatable bonds is 3. The number of likely N-dealkylation sites (tertiary alicyclic amines) is 1. The van der Waals surface area contributed by atoms with Gasteiger partial charge in [-0.2, -0.15) is 4.37 Å². The van der Waals surface area contributed by atoms with Crippen LogP contribution in [0.4, 0.5) is 10.8 Å². The molecule has 4 aliphatic rings. The van der Waals surface area contributed by atoms with E-state index in [-0.39, 0.29) is 0 Å². The van der Waals surface area contributed by atoms with E-state index in [4.69, 9.17) is 4.98 Å². The van der Waals surface area contributed by atoms with E-state index in [1.165, 1.54) is 68.9 Å². The maximum Gasteiger partial charge on any atom is 0.205 e. The number of anilines is 2. The summed E-state index contributed by atoms with van der Waals surface area (Å²) >= 11 is 1.62. The molecule has 1 aromatic heterocycles. The molecule has 2 bridgehead atoms. The fourth-order valence-corrected chi connectivity index (χ4v) is 7.65. The molecule has 0 saturated carbocycles. The van der Waals surface area contributed by atoms with Crippen LogP contribution in [0.2, 0.25) is 0 Å². The van der Waals surface area contributed by atoms with Crippen LogP contribution in [0.1, 0.15) is 63.3 Å². The van der Waals surface area contributed by atoms with Gasteiger partial charge in [-0.25, -0.2) is 4.98 Å². The second kappa shape index (κ2) is 7.49. The van der Waals surface area contributed by atoms with Crippen molar-refractivity contribution in [3.05, 3.63) is 35.7 Å². The van der Waals surface area contributed by atoms with Crippen molar-refractivity contribution in [2.75, 3.05) is 29.9 Å². The van der Waals surface area contributed by atoms with Gasteiger partial charge in [0.25, 0.3) is 0 Å². The highest BCUT2D eigenvalue weighted by Gasteiger charge is 2.46. The fraction of sp³-hybridized carbons (Fsp3) is 0.667. The van der Waals surface area contributed by atoms with Crippen LogP contribution >= 0.6 is 11.5 Å². The maximum atomic E-state index is 4.82. The summed E-state index contributed by atoms with van der Waals surface area (Å²) in [6.07, 6.45) is 10.1. The minimum Gasteiger partial charge on any atom is -0.385 e. The molecule has 1 N–H and O–H groups in total. The predicted octanol–water partition coefficient (Wildman–Crippen LogP) is 4.45. The van der Waals surface area contributed by atoms with E-state index in [0.29, 0.717) is 17.5 Å². The van der Waals surface area contributed by atoms with Crippen molar-refractivity contribution in [2.45, 2.75) is 81.8 Å². The van der Waals surface area contributed by atoms with Gasteiger partial charge < -0.3 is 15.1 Å². The molecule has 3 saturated heterocycles. The largest absolute Gasteiger partial charge is 0.385 e. The summed E-state index contributed by atoms with van der Waals surface area (Å²) in [6, 6.07) is 11.1. The number of para-hydroxylation sites is 1. The number of nitrogens with zero attached hydrogens (tertiary/aromatic N) is 4. The molecule has 30 heavy (non-hydrogen) atoms. The molecule has 0 aliphatic carbocycles. The Morgan fingerprint density at radius 3 is 2.57 bits per heavy atom. The number of hydrogen-bond donors (Lipinski definition) is 1. The van der Waals surface area contributed by atoms with Crippen LogP contribution in [0.25, 0.3) is 0 Å². The van der Waals surface area contributed by atoms with Crippen molar-refractivity contribution >= 4 is 22.4 Å². The zero-order valence-corrected chi connectivity index (χ0v) is 18.8. The third-order valence-corrected chi connectivity index (χ3v) is 9.16. The molecule has 2 unspecified atom stereocenters. The quantitative estimate of drug-likeness (QED) is 0.790. The van der Waals surface area contributed by atoms with E-state index in [0.717, 1.165) is 24.8 Å². The number of aromatic nitrogens is 2. The van der Waals surface area contributed by atoms with E-state index < -0.39 is 0 Å². The Morgan fingerprint density at radius 2 is 1.83 bits per heavy atom. The first-order valence-corrected chi connectivity index (χ1v) is 12.7. The average Bonchev–Trinajstić information content (AvgIpc) is 3.36. The minimum absolute atomic E-state index is 0.404. The molecule has 160 valence electrons. The summed E-state index contributed by atoms with van der Waals surface area (Å²) in [6.45, 7) is 5.80. The number of hydrogen-bond acceptors (Lipinski definition) is 6. The summed E-state index contributed by atoms with van der Waals surface area (Å²) in [5, 5.41) is 4.81. The Kier molecular flexibility index (Phi) is 4.75.